The van der Waals surface area contributed by atoms with Gasteiger partial charge < -0.3 is 21.3 Å². The number of nitrogens with one attached hydrogen (secondary N) is 2. The number of fused-ring (bicyclic) bond motifs is 1. The summed E-state index contributed by atoms with van der Waals surface area (Å²) in [5.41, 5.74) is 9.05. The number of pyridine rings is 1. The fourth-order valence-electron chi connectivity index (χ4n) is 4.83. The zero-order valence-corrected chi connectivity index (χ0v) is 20.9. The Morgan fingerprint density at radius 3 is 2.62 bits per heavy atom. The van der Waals surface area contributed by atoms with Crippen LogP contribution in [0.15, 0.2) is 61.1 Å². The van der Waals surface area contributed by atoms with Crippen molar-refractivity contribution in [1.82, 2.24) is 29.6 Å². The number of likely N-dealkylation sites (tertiary alicyclic amines) is 1. The third kappa shape index (κ3) is 4.82. The molecule has 2 atom stereocenters. The Balaban J connectivity index is 1.46. The van der Waals surface area contributed by atoms with Gasteiger partial charge in [0.2, 0.25) is 0 Å². The molecule has 10 nitrogen and oxygen atoms in total. The van der Waals surface area contributed by atoms with Gasteiger partial charge in [0, 0.05) is 54.8 Å². The van der Waals surface area contributed by atoms with Crippen LogP contribution in [0, 0.1) is 0 Å². The van der Waals surface area contributed by atoms with Crippen molar-refractivity contribution in [2.24, 2.45) is 0 Å². The van der Waals surface area contributed by atoms with Crippen molar-refractivity contribution in [2.45, 2.75) is 38.6 Å². The molecule has 10 heteroatoms. The summed E-state index contributed by atoms with van der Waals surface area (Å²) >= 11 is 0. The number of carbonyl (C=O) groups excluding carboxylic acids is 2. The number of urea groups is 1. The number of imidazole rings is 1. The van der Waals surface area contributed by atoms with Crippen LogP contribution >= 0.6 is 0 Å². The molecule has 37 heavy (non-hydrogen) atoms. The lowest BCUT2D eigenvalue weighted by molar-refractivity contribution is 0.102. The van der Waals surface area contributed by atoms with Crippen molar-refractivity contribution in [3.8, 4) is 11.3 Å². The topological polar surface area (TPSA) is 131 Å². The summed E-state index contributed by atoms with van der Waals surface area (Å²) in [4.78, 5) is 40.7. The van der Waals surface area contributed by atoms with E-state index in [1.54, 1.807) is 36.7 Å². The van der Waals surface area contributed by atoms with Crippen LogP contribution in [0.1, 0.15) is 48.8 Å². The molecule has 1 aromatic carbocycles. The third-order valence-corrected chi connectivity index (χ3v) is 6.77. The van der Waals surface area contributed by atoms with Crippen LogP contribution in [0.5, 0.6) is 0 Å². The van der Waals surface area contributed by atoms with E-state index in [4.69, 9.17) is 10.7 Å². The van der Waals surface area contributed by atoms with Gasteiger partial charge in [0.1, 0.15) is 28.7 Å². The van der Waals surface area contributed by atoms with E-state index in [0.717, 1.165) is 24.2 Å². The lowest BCUT2D eigenvalue weighted by Gasteiger charge is -2.37. The Morgan fingerprint density at radius 2 is 1.89 bits per heavy atom. The highest BCUT2D eigenvalue weighted by Crippen LogP contribution is 2.35. The van der Waals surface area contributed by atoms with Crippen molar-refractivity contribution in [2.75, 3.05) is 24.1 Å². The van der Waals surface area contributed by atoms with E-state index >= 15 is 0 Å². The molecule has 4 heterocycles. The highest BCUT2D eigenvalue weighted by molar-refractivity contribution is 6.04. The van der Waals surface area contributed by atoms with Gasteiger partial charge in [0.25, 0.3) is 5.91 Å². The van der Waals surface area contributed by atoms with Crippen LogP contribution in [0.25, 0.3) is 16.8 Å². The fraction of sp³-hybridized carbons (Fsp3) is 0.296. The first-order chi connectivity index (χ1) is 18.0. The average Bonchev–Trinajstić information content (AvgIpc) is 3.31. The zero-order valence-electron chi connectivity index (χ0n) is 20.9. The molecule has 1 aliphatic heterocycles. The monoisotopic (exact) mass is 498 g/mol. The Labute approximate surface area is 214 Å². The lowest BCUT2D eigenvalue weighted by Crippen LogP contribution is -2.49. The normalized spacial score (nSPS) is 17.5. The van der Waals surface area contributed by atoms with Gasteiger partial charge in [-0.15, -0.1) is 0 Å². The van der Waals surface area contributed by atoms with E-state index in [0.29, 0.717) is 41.5 Å². The molecule has 3 aromatic heterocycles. The van der Waals surface area contributed by atoms with Crippen LogP contribution in [0.2, 0.25) is 0 Å². The maximum atomic E-state index is 12.7. The molecule has 1 aliphatic rings. The molecule has 5 rings (SSSR count). The third-order valence-electron chi connectivity index (χ3n) is 6.77. The van der Waals surface area contributed by atoms with Crippen molar-refractivity contribution < 1.29 is 9.59 Å². The summed E-state index contributed by atoms with van der Waals surface area (Å²) in [5, 5.41) is 5.71. The molecule has 190 valence electrons. The first-order valence-electron chi connectivity index (χ1n) is 12.5. The Morgan fingerprint density at radius 1 is 1.08 bits per heavy atom. The molecule has 0 unspecified atom stereocenters. The summed E-state index contributed by atoms with van der Waals surface area (Å²) < 4.78 is 1.98. The standard InChI is InChI=1S/C27H30N8O2/c1-3-29-27(37)35-16-20(8-7-17(35)2)25-33-22(23-24(28)31-14-15-34(23)25)18-9-11-19(12-10-18)26(36)32-21-6-4-5-13-30-21/h4-6,9-15,17,20H,3,7-8,16H2,1-2H3,(H2,28,31)(H,29,37)(H,30,32,36)/t17-,20+/m1/s1. The van der Waals surface area contributed by atoms with Gasteiger partial charge in [-0.25, -0.2) is 19.7 Å². The number of anilines is 2. The van der Waals surface area contributed by atoms with Crippen LogP contribution in [-0.2, 0) is 0 Å². The molecule has 3 amide bonds. The molecular formula is C27H30N8O2. The number of nitrogens with two attached hydrogens (primary N) is 1. The number of rotatable bonds is 5. The van der Waals surface area contributed by atoms with Gasteiger partial charge >= 0.3 is 6.03 Å². The number of benzene rings is 1. The van der Waals surface area contributed by atoms with Crippen molar-refractivity contribution in [3.05, 3.63) is 72.4 Å². The van der Waals surface area contributed by atoms with E-state index in [1.165, 1.54) is 0 Å². The molecule has 4 aromatic rings. The predicted octanol–water partition coefficient (Wildman–Crippen LogP) is 3.92. The highest BCUT2D eigenvalue weighted by Gasteiger charge is 2.32. The summed E-state index contributed by atoms with van der Waals surface area (Å²) in [6.45, 7) is 5.15. The second-order valence-electron chi connectivity index (χ2n) is 9.21. The average molecular weight is 499 g/mol. The summed E-state index contributed by atoms with van der Waals surface area (Å²) in [6, 6.07) is 12.7. The van der Waals surface area contributed by atoms with Crippen LogP contribution < -0.4 is 16.4 Å². The number of aromatic nitrogens is 4. The minimum Gasteiger partial charge on any atom is -0.382 e. The quantitative estimate of drug-likeness (QED) is 0.382. The summed E-state index contributed by atoms with van der Waals surface area (Å²) in [7, 11) is 0. The number of nitrogens with zero attached hydrogens (tertiary/aromatic N) is 5. The Hall–Kier alpha value is -4.47. The smallest absolute Gasteiger partial charge is 0.317 e. The SMILES string of the molecule is CCNC(=O)N1C[C@@H](c2nc(-c3ccc(C(=O)Nc4ccccn4)cc3)c3c(N)nccn23)CC[C@H]1C. The first-order valence-corrected chi connectivity index (χ1v) is 12.5. The summed E-state index contributed by atoms with van der Waals surface area (Å²) in [5.74, 6) is 1.51. The lowest BCUT2D eigenvalue weighted by atomic mass is 9.93. The number of nitrogen functional groups attached to an aromatic ring is 1. The number of piperidine rings is 1. The number of hydrogen-bond acceptors (Lipinski definition) is 6. The molecule has 0 saturated carbocycles. The minimum absolute atomic E-state index is 0.0466. The zero-order chi connectivity index (χ0) is 25.9. The van der Waals surface area contributed by atoms with Gasteiger partial charge in [0.15, 0.2) is 0 Å². The Bertz CT molecular complexity index is 1420. The number of amides is 3. The van der Waals surface area contributed by atoms with Gasteiger partial charge in [-0.05, 0) is 51.0 Å². The predicted molar refractivity (Wildman–Crippen MR) is 142 cm³/mol. The second kappa shape index (κ2) is 10.3. The first kappa shape index (κ1) is 24.2. The maximum Gasteiger partial charge on any atom is 0.317 e. The highest BCUT2D eigenvalue weighted by atomic mass is 16.2. The van der Waals surface area contributed by atoms with Crippen LogP contribution in [0.4, 0.5) is 16.4 Å². The van der Waals surface area contributed by atoms with Gasteiger partial charge in [0.05, 0.1) is 0 Å². The van der Waals surface area contributed by atoms with E-state index in [-0.39, 0.29) is 23.9 Å². The maximum absolute atomic E-state index is 12.7. The van der Waals surface area contributed by atoms with E-state index in [2.05, 4.69) is 27.5 Å². The molecule has 1 saturated heterocycles. The molecular weight excluding hydrogens is 468 g/mol. The van der Waals surface area contributed by atoms with Gasteiger partial charge in [-0.1, -0.05) is 18.2 Å². The fourth-order valence-corrected chi connectivity index (χ4v) is 4.83. The van der Waals surface area contributed by atoms with Crippen molar-refractivity contribution >= 4 is 29.1 Å². The van der Waals surface area contributed by atoms with Crippen molar-refractivity contribution in [3.63, 3.8) is 0 Å². The largest absolute Gasteiger partial charge is 0.382 e. The number of hydrogen-bond donors (Lipinski definition) is 3. The van der Waals surface area contributed by atoms with Gasteiger partial charge in [-0.2, -0.15) is 0 Å². The van der Waals surface area contributed by atoms with E-state index in [1.807, 2.05) is 40.6 Å². The molecule has 0 radical (unpaired) electrons. The molecule has 0 spiro atoms. The van der Waals surface area contributed by atoms with E-state index < -0.39 is 0 Å². The molecule has 4 N–H and O–H groups in total. The second-order valence-corrected chi connectivity index (χ2v) is 9.21. The molecule has 0 aliphatic carbocycles. The summed E-state index contributed by atoms with van der Waals surface area (Å²) in [6.07, 6.45) is 6.94. The van der Waals surface area contributed by atoms with E-state index in [9.17, 15) is 9.59 Å². The van der Waals surface area contributed by atoms with Crippen LogP contribution in [0.3, 0.4) is 0 Å². The molecule has 0 bridgehead atoms. The van der Waals surface area contributed by atoms with Gasteiger partial charge in [-0.3, -0.25) is 9.20 Å². The van der Waals surface area contributed by atoms with Crippen molar-refractivity contribution in [1.29, 1.82) is 0 Å². The van der Waals surface area contributed by atoms with Crippen LogP contribution in [-0.4, -0.2) is 55.3 Å². The Kier molecular flexibility index (Phi) is 6.72. The number of carbonyl (C=O) groups is 2. The minimum atomic E-state index is -0.247. The molecule has 1 fully saturated rings.